The third kappa shape index (κ3) is 2.57. The summed E-state index contributed by atoms with van der Waals surface area (Å²) in [6, 6.07) is 7.63. The van der Waals surface area contributed by atoms with Crippen LogP contribution < -0.4 is 5.43 Å². The Morgan fingerprint density at radius 1 is 1.27 bits per heavy atom. The molecule has 0 bridgehead atoms. The summed E-state index contributed by atoms with van der Waals surface area (Å²) in [6.07, 6.45) is 0. The lowest BCUT2D eigenvalue weighted by molar-refractivity contribution is 0.555. The van der Waals surface area contributed by atoms with Crippen molar-refractivity contribution in [1.82, 2.24) is 5.17 Å². The first kappa shape index (κ1) is 8.04. The smallest absolute Gasteiger partial charge is 0.0479 e. The topological polar surface area (TPSA) is 38.3 Å². The molecule has 0 aliphatic carbocycles. The number of nitrogens with zero attached hydrogens (tertiary/aromatic N) is 1. The lowest BCUT2D eigenvalue weighted by Crippen LogP contribution is -2.17. The summed E-state index contributed by atoms with van der Waals surface area (Å²) in [5.74, 6) is 0. The van der Waals surface area contributed by atoms with E-state index in [-0.39, 0.29) is 0 Å². The molecule has 0 radical (unpaired) electrons. The van der Waals surface area contributed by atoms with Gasteiger partial charge in [-0.05, 0) is 26.1 Å². The van der Waals surface area contributed by atoms with Gasteiger partial charge in [0, 0.05) is 5.69 Å². The van der Waals surface area contributed by atoms with E-state index in [1.807, 2.05) is 31.2 Å². The summed E-state index contributed by atoms with van der Waals surface area (Å²) in [5.41, 5.74) is 4.61. The Morgan fingerprint density at radius 2 is 1.82 bits per heavy atom. The van der Waals surface area contributed by atoms with Crippen molar-refractivity contribution in [3.05, 3.63) is 35.0 Å². The Hall–Kier alpha value is -1.06. The molecule has 3 heteroatoms. The van der Waals surface area contributed by atoms with Gasteiger partial charge in [-0.15, -0.1) is 0 Å². The zero-order valence-electron chi connectivity index (χ0n) is 6.66. The predicted octanol–water partition coefficient (Wildman–Crippen LogP) is 1.75. The Bertz CT molecular complexity index is 218. The molecule has 0 saturated heterocycles. The molecule has 0 unspecified atom stereocenters. The number of rotatable bonds is 2. The lowest BCUT2D eigenvalue weighted by atomic mass is 10.2. The second kappa shape index (κ2) is 3.37. The largest absolute Gasteiger partial charge is 0.768 e. The molecule has 1 rings (SSSR count). The van der Waals surface area contributed by atoms with Gasteiger partial charge in [-0.1, -0.05) is 17.7 Å². The molecule has 0 atom stereocenters. The summed E-state index contributed by atoms with van der Waals surface area (Å²) in [7, 11) is 1.42. The van der Waals surface area contributed by atoms with Gasteiger partial charge in [0.2, 0.25) is 0 Å². The molecule has 0 amide bonds. The van der Waals surface area contributed by atoms with Crippen LogP contribution in [0.3, 0.4) is 0 Å². The molecule has 60 valence electrons. The molecule has 11 heavy (non-hydrogen) atoms. The van der Waals surface area contributed by atoms with Crippen LogP contribution in [0.2, 0.25) is 0 Å². The fourth-order valence-electron chi connectivity index (χ4n) is 0.810. The first-order valence-corrected chi connectivity index (χ1v) is 3.42. The number of benzene rings is 1. The van der Waals surface area contributed by atoms with Crippen LogP contribution in [0.5, 0.6) is 0 Å². The zero-order chi connectivity index (χ0) is 8.27. The third-order valence-corrected chi connectivity index (χ3v) is 1.34. The molecule has 1 aromatic carbocycles. The first-order valence-electron chi connectivity index (χ1n) is 3.42. The summed E-state index contributed by atoms with van der Waals surface area (Å²) >= 11 is 0. The molecule has 0 heterocycles. The van der Waals surface area contributed by atoms with Crippen molar-refractivity contribution >= 4 is 5.69 Å². The van der Waals surface area contributed by atoms with E-state index in [0.717, 1.165) is 5.69 Å². The number of anilines is 1. The van der Waals surface area contributed by atoms with Gasteiger partial charge in [-0.25, -0.2) is 0 Å². The maximum atomic E-state index is 10.5. The van der Waals surface area contributed by atoms with Gasteiger partial charge < -0.3 is 15.8 Å². The normalized spacial score (nSPS) is 10.2. The molecule has 3 nitrogen and oxygen atoms in total. The minimum absolute atomic E-state index is 0.671. The van der Waals surface area contributed by atoms with Gasteiger partial charge in [-0.2, -0.15) is 0 Å². The lowest BCUT2D eigenvalue weighted by Gasteiger charge is -2.23. The van der Waals surface area contributed by atoms with Crippen molar-refractivity contribution in [2.24, 2.45) is 0 Å². The number of aryl methyl sites for hydroxylation is 1. The molecule has 0 fully saturated rings. The highest BCUT2D eigenvalue weighted by molar-refractivity contribution is 5.43. The van der Waals surface area contributed by atoms with Crippen LogP contribution in [0.4, 0.5) is 5.69 Å². The molecule has 0 aliphatic heterocycles. The van der Waals surface area contributed by atoms with Gasteiger partial charge in [0.15, 0.2) is 0 Å². The Kier molecular flexibility index (Phi) is 2.46. The highest BCUT2D eigenvalue weighted by atomic mass is 16.5. The SMILES string of the molecule is Cc1ccc(NN(C)[O-])cc1. The summed E-state index contributed by atoms with van der Waals surface area (Å²) in [5, 5.41) is 11.2. The predicted molar refractivity (Wildman–Crippen MR) is 45.9 cm³/mol. The Balaban J connectivity index is 2.66. The van der Waals surface area contributed by atoms with E-state index in [4.69, 9.17) is 0 Å². The van der Waals surface area contributed by atoms with Crippen LogP contribution in [0.1, 0.15) is 5.56 Å². The van der Waals surface area contributed by atoms with Crippen LogP contribution in [0, 0.1) is 12.1 Å². The van der Waals surface area contributed by atoms with Crippen molar-refractivity contribution in [3.63, 3.8) is 0 Å². The molecule has 0 saturated carbocycles. The quantitative estimate of drug-likeness (QED) is 0.654. The highest BCUT2D eigenvalue weighted by Crippen LogP contribution is 2.08. The van der Waals surface area contributed by atoms with Gasteiger partial charge in [-0.3, -0.25) is 0 Å². The van der Waals surface area contributed by atoms with Gasteiger partial charge in [0.1, 0.15) is 0 Å². The van der Waals surface area contributed by atoms with E-state index in [2.05, 4.69) is 5.43 Å². The molecular weight excluding hydrogens is 140 g/mol. The van der Waals surface area contributed by atoms with Crippen molar-refractivity contribution in [1.29, 1.82) is 0 Å². The maximum absolute atomic E-state index is 10.5. The van der Waals surface area contributed by atoms with E-state index in [1.54, 1.807) is 0 Å². The van der Waals surface area contributed by atoms with Gasteiger partial charge >= 0.3 is 0 Å². The van der Waals surface area contributed by atoms with E-state index in [9.17, 15) is 5.21 Å². The molecule has 1 aromatic rings. The summed E-state index contributed by atoms with van der Waals surface area (Å²) in [4.78, 5) is 0. The first-order chi connectivity index (χ1) is 5.18. The van der Waals surface area contributed by atoms with Crippen molar-refractivity contribution < 1.29 is 0 Å². The van der Waals surface area contributed by atoms with Gasteiger partial charge in [0.25, 0.3) is 0 Å². The third-order valence-electron chi connectivity index (χ3n) is 1.34. The fourth-order valence-corrected chi connectivity index (χ4v) is 0.810. The minimum Gasteiger partial charge on any atom is -0.768 e. The Morgan fingerprint density at radius 3 is 2.27 bits per heavy atom. The van der Waals surface area contributed by atoms with Crippen LogP contribution in [-0.2, 0) is 0 Å². The maximum Gasteiger partial charge on any atom is 0.0479 e. The summed E-state index contributed by atoms with van der Waals surface area (Å²) < 4.78 is 0. The molecule has 0 aliphatic rings. The van der Waals surface area contributed by atoms with E-state index < -0.39 is 0 Å². The van der Waals surface area contributed by atoms with Gasteiger partial charge in [0.05, 0.1) is 0 Å². The number of nitrogens with one attached hydrogen (secondary N) is 1. The van der Waals surface area contributed by atoms with Crippen LogP contribution in [0.25, 0.3) is 0 Å². The minimum atomic E-state index is 0.671. The van der Waals surface area contributed by atoms with Crippen molar-refractivity contribution in [3.8, 4) is 0 Å². The number of hydrazine groups is 1. The van der Waals surface area contributed by atoms with Crippen LogP contribution in [-0.4, -0.2) is 12.2 Å². The molecule has 1 N–H and O–H groups in total. The number of hydroxylamine groups is 1. The molecular formula is C8H11N2O-. The monoisotopic (exact) mass is 151 g/mol. The second-order valence-corrected chi connectivity index (χ2v) is 2.48. The zero-order valence-corrected chi connectivity index (χ0v) is 6.66. The van der Waals surface area contributed by atoms with Crippen LogP contribution in [0.15, 0.2) is 24.3 Å². The fraction of sp³-hybridized carbons (Fsp3) is 0.250. The standard InChI is InChI=1S/C8H11N2O/c1-7-3-5-8(6-4-7)9-10(2)11/h3-6,9H,1-2H3/q-1. The van der Waals surface area contributed by atoms with Crippen molar-refractivity contribution in [2.45, 2.75) is 6.92 Å². The van der Waals surface area contributed by atoms with Crippen molar-refractivity contribution in [2.75, 3.05) is 12.5 Å². The second-order valence-electron chi connectivity index (χ2n) is 2.48. The van der Waals surface area contributed by atoms with E-state index in [1.165, 1.54) is 12.6 Å². The van der Waals surface area contributed by atoms with E-state index in [0.29, 0.717) is 5.17 Å². The average molecular weight is 151 g/mol. The number of hydrogen-bond donors (Lipinski definition) is 1. The highest BCUT2D eigenvalue weighted by Gasteiger charge is 1.87. The average Bonchev–Trinajstić information content (AvgIpc) is 1.93. The summed E-state index contributed by atoms with van der Waals surface area (Å²) in [6.45, 7) is 2.00. The molecule has 0 spiro atoms. The molecule has 0 aromatic heterocycles. The van der Waals surface area contributed by atoms with Crippen LogP contribution >= 0.6 is 0 Å². The number of hydrogen-bond acceptors (Lipinski definition) is 3. The Labute approximate surface area is 66.2 Å². The van der Waals surface area contributed by atoms with E-state index >= 15 is 0 Å².